The molecule has 0 aliphatic carbocycles. The number of carbonyl (C=O) groups is 1. The number of allylic oxidation sites excluding steroid dienone is 4. The summed E-state index contributed by atoms with van der Waals surface area (Å²) >= 11 is 0. The van der Waals surface area contributed by atoms with Crippen LogP contribution in [0.2, 0.25) is 0 Å². The van der Waals surface area contributed by atoms with Crippen LogP contribution in [0, 0.1) is 0 Å². The van der Waals surface area contributed by atoms with Crippen LogP contribution in [0.4, 0.5) is 0 Å². The second-order valence-corrected chi connectivity index (χ2v) is 9.13. The number of esters is 1. The SMILES string of the molecule is CC/C=C/CCOc1c(OC(=O)c2ccccc2)c2cccc(OC/C=C(\C)CCC=C(C)C)c2oc1=O. The van der Waals surface area contributed by atoms with Crippen molar-refractivity contribution in [1.29, 1.82) is 0 Å². The van der Waals surface area contributed by atoms with E-state index in [1.807, 2.05) is 31.2 Å². The second kappa shape index (κ2) is 14.6. The molecule has 0 amide bonds. The fourth-order valence-corrected chi connectivity index (χ4v) is 3.70. The van der Waals surface area contributed by atoms with Crippen molar-refractivity contribution in [1.82, 2.24) is 0 Å². The van der Waals surface area contributed by atoms with E-state index < -0.39 is 11.6 Å². The van der Waals surface area contributed by atoms with Gasteiger partial charge in [0.25, 0.3) is 0 Å². The minimum absolute atomic E-state index is 0.0171. The number of hydrogen-bond donors (Lipinski definition) is 0. The number of ether oxygens (including phenoxy) is 3. The maximum atomic E-state index is 13.0. The van der Waals surface area contributed by atoms with Crippen LogP contribution in [0.3, 0.4) is 0 Å². The lowest BCUT2D eigenvalue weighted by atomic mass is 10.1. The number of benzene rings is 2. The molecule has 0 bridgehead atoms. The molecular formula is C32H36O6. The van der Waals surface area contributed by atoms with E-state index in [0.29, 0.717) is 29.7 Å². The molecule has 0 saturated heterocycles. The molecule has 0 radical (unpaired) electrons. The van der Waals surface area contributed by atoms with E-state index in [1.165, 1.54) is 11.1 Å². The van der Waals surface area contributed by atoms with Gasteiger partial charge in [0.05, 0.1) is 17.6 Å². The molecule has 3 rings (SSSR count). The molecule has 3 aromatic rings. The molecule has 0 spiro atoms. The first-order valence-corrected chi connectivity index (χ1v) is 13.0. The Hall–Kier alpha value is -4.06. The fraction of sp³-hybridized carbons (Fsp3) is 0.312. The molecule has 6 nitrogen and oxygen atoms in total. The van der Waals surface area contributed by atoms with E-state index in [0.717, 1.165) is 19.3 Å². The van der Waals surface area contributed by atoms with Gasteiger partial charge in [-0.2, -0.15) is 0 Å². The highest BCUT2D eigenvalue weighted by Gasteiger charge is 2.23. The molecule has 0 fully saturated rings. The summed E-state index contributed by atoms with van der Waals surface area (Å²) in [5, 5.41) is 0.412. The molecule has 0 atom stereocenters. The Morgan fingerprint density at radius 2 is 1.68 bits per heavy atom. The van der Waals surface area contributed by atoms with Crippen molar-refractivity contribution in [2.24, 2.45) is 0 Å². The van der Waals surface area contributed by atoms with Gasteiger partial charge in [0, 0.05) is 0 Å². The van der Waals surface area contributed by atoms with E-state index in [2.05, 4.69) is 26.8 Å². The summed E-state index contributed by atoms with van der Waals surface area (Å²) in [4.78, 5) is 26.0. The van der Waals surface area contributed by atoms with Gasteiger partial charge in [-0.15, -0.1) is 0 Å². The van der Waals surface area contributed by atoms with Crippen molar-refractivity contribution in [2.45, 2.75) is 53.4 Å². The van der Waals surface area contributed by atoms with Crippen molar-refractivity contribution in [2.75, 3.05) is 13.2 Å². The number of fused-ring (bicyclic) bond motifs is 1. The Kier molecular flexibility index (Phi) is 11.0. The highest BCUT2D eigenvalue weighted by molar-refractivity contribution is 5.96. The fourth-order valence-electron chi connectivity index (χ4n) is 3.70. The number of para-hydroxylation sites is 1. The van der Waals surface area contributed by atoms with Crippen LogP contribution in [0.15, 0.2) is 93.2 Å². The first-order chi connectivity index (χ1) is 18.4. The van der Waals surface area contributed by atoms with Gasteiger partial charge >= 0.3 is 11.6 Å². The van der Waals surface area contributed by atoms with E-state index in [4.69, 9.17) is 18.6 Å². The smallest absolute Gasteiger partial charge is 0.383 e. The summed E-state index contributed by atoms with van der Waals surface area (Å²) < 4.78 is 23.1. The van der Waals surface area contributed by atoms with E-state index >= 15 is 0 Å². The van der Waals surface area contributed by atoms with Crippen LogP contribution >= 0.6 is 0 Å². The zero-order valence-electron chi connectivity index (χ0n) is 22.6. The number of hydrogen-bond acceptors (Lipinski definition) is 6. The maximum Gasteiger partial charge on any atom is 0.383 e. The van der Waals surface area contributed by atoms with E-state index in [1.54, 1.807) is 42.5 Å². The summed E-state index contributed by atoms with van der Waals surface area (Å²) in [5.74, 6) is -0.348. The topological polar surface area (TPSA) is 75.0 Å². The Morgan fingerprint density at radius 1 is 0.895 bits per heavy atom. The van der Waals surface area contributed by atoms with Crippen LogP contribution in [0.25, 0.3) is 11.0 Å². The molecule has 2 aromatic carbocycles. The molecule has 0 unspecified atom stereocenters. The van der Waals surface area contributed by atoms with Gasteiger partial charge in [-0.25, -0.2) is 9.59 Å². The molecule has 0 aliphatic heterocycles. The first kappa shape index (κ1) is 28.5. The molecule has 200 valence electrons. The Bertz CT molecular complexity index is 1360. The monoisotopic (exact) mass is 516 g/mol. The van der Waals surface area contributed by atoms with Crippen LogP contribution in [0.1, 0.15) is 63.7 Å². The van der Waals surface area contributed by atoms with Gasteiger partial charge in [-0.05, 0) is 76.8 Å². The largest absolute Gasteiger partial charge is 0.486 e. The van der Waals surface area contributed by atoms with Crippen LogP contribution in [-0.4, -0.2) is 19.2 Å². The third-order valence-corrected chi connectivity index (χ3v) is 5.71. The molecular weight excluding hydrogens is 480 g/mol. The molecule has 6 heteroatoms. The van der Waals surface area contributed by atoms with E-state index in [9.17, 15) is 9.59 Å². The standard InChI is InChI=1S/C32H36O6/c1-5-6-7-11-21-36-30-29(38-31(33)25-16-9-8-10-17-25)26-18-13-19-27(28(26)37-32(30)34)35-22-20-24(4)15-12-14-23(2)3/h6-10,13-14,16-20H,5,11-12,15,21-22H2,1-4H3/b7-6+,24-20+. The average Bonchev–Trinajstić information content (AvgIpc) is 2.90. The van der Waals surface area contributed by atoms with Crippen molar-refractivity contribution >= 4 is 16.9 Å². The quantitative estimate of drug-likeness (QED) is 0.0998. The van der Waals surface area contributed by atoms with Crippen molar-refractivity contribution < 1.29 is 23.4 Å². The molecule has 38 heavy (non-hydrogen) atoms. The lowest BCUT2D eigenvalue weighted by molar-refractivity contribution is 0.0729. The Balaban J connectivity index is 1.92. The third-order valence-electron chi connectivity index (χ3n) is 5.71. The molecule has 0 aliphatic rings. The van der Waals surface area contributed by atoms with Crippen molar-refractivity contribution in [3.8, 4) is 17.2 Å². The summed E-state index contributed by atoms with van der Waals surface area (Å²) in [6.45, 7) is 8.81. The maximum absolute atomic E-state index is 13.0. The van der Waals surface area contributed by atoms with Crippen LogP contribution in [0.5, 0.6) is 17.2 Å². The van der Waals surface area contributed by atoms with Gasteiger partial charge in [-0.3, -0.25) is 0 Å². The Morgan fingerprint density at radius 3 is 2.42 bits per heavy atom. The summed E-state index contributed by atoms with van der Waals surface area (Å²) in [6.07, 6.45) is 11.6. The molecule has 0 saturated carbocycles. The van der Waals surface area contributed by atoms with Crippen molar-refractivity contribution in [3.05, 3.63) is 100.0 Å². The van der Waals surface area contributed by atoms with Gasteiger partial charge in [0.1, 0.15) is 6.61 Å². The average molecular weight is 517 g/mol. The van der Waals surface area contributed by atoms with Gasteiger partial charge in [0.15, 0.2) is 17.1 Å². The normalized spacial score (nSPS) is 11.5. The lowest BCUT2D eigenvalue weighted by Crippen LogP contribution is -2.15. The lowest BCUT2D eigenvalue weighted by Gasteiger charge is -2.14. The van der Waals surface area contributed by atoms with Crippen LogP contribution < -0.4 is 19.8 Å². The minimum atomic E-state index is -0.739. The zero-order valence-corrected chi connectivity index (χ0v) is 22.6. The first-order valence-electron chi connectivity index (χ1n) is 13.0. The van der Waals surface area contributed by atoms with Crippen LogP contribution in [-0.2, 0) is 0 Å². The minimum Gasteiger partial charge on any atom is -0.486 e. The van der Waals surface area contributed by atoms with Gasteiger partial charge in [-0.1, -0.05) is 60.6 Å². The predicted molar refractivity (Wildman–Crippen MR) is 151 cm³/mol. The number of rotatable bonds is 13. The summed E-state index contributed by atoms with van der Waals surface area (Å²) in [5.41, 5.74) is 2.31. The highest BCUT2D eigenvalue weighted by Crippen LogP contribution is 2.37. The Labute approximate surface area is 224 Å². The van der Waals surface area contributed by atoms with Gasteiger partial charge < -0.3 is 18.6 Å². The molecule has 0 N–H and O–H groups in total. The number of carbonyl (C=O) groups excluding carboxylic acids is 1. The van der Waals surface area contributed by atoms with E-state index in [-0.39, 0.29) is 23.7 Å². The van der Waals surface area contributed by atoms with Crippen molar-refractivity contribution in [3.63, 3.8) is 0 Å². The predicted octanol–water partition coefficient (Wildman–Crippen LogP) is 7.82. The molecule has 1 aromatic heterocycles. The highest BCUT2D eigenvalue weighted by atomic mass is 16.6. The summed E-state index contributed by atoms with van der Waals surface area (Å²) in [7, 11) is 0. The third kappa shape index (κ3) is 8.23. The molecule has 1 heterocycles. The second-order valence-electron chi connectivity index (χ2n) is 9.13. The zero-order chi connectivity index (χ0) is 27.3. The van der Waals surface area contributed by atoms with Gasteiger partial charge in [0.2, 0.25) is 5.75 Å². The summed E-state index contributed by atoms with van der Waals surface area (Å²) in [6, 6.07) is 13.8.